The molecule has 110 valence electrons. The van der Waals surface area contributed by atoms with Crippen LogP contribution in [0.25, 0.3) is 0 Å². The Morgan fingerprint density at radius 1 is 1.33 bits per heavy atom. The summed E-state index contributed by atoms with van der Waals surface area (Å²) in [5, 5.41) is 0.223. The maximum absolute atomic E-state index is 13.9. The molecule has 0 spiro atoms. The lowest BCUT2D eigenvalue weighted by atomic mass is 10.2. The molecular weight excluding hydrogens is 297 g/mol. The molecule has 2 rings (SSSR count). The van der Waals surface area contributed by atoms with Gasteiger partial charge in [-0.25, -0.2) is 9.18 Å². The SMILES string of the molecule is COc1cccc(COC(=O)c2cc(N)ccc2Cl)c1F. The fourth-order valence-corrected chi connectivity index (χ4v) is 1.94. The third-order valence-electron chi connectivity index (χ3n) is 2.83. The Morgan fingerprint density at radius 2 is 2.10 bits per heavy atom. The number of hydrogen-bond donors (Lipinski definition) is 1. The van der Waals surface area contributed by atoms with E-state index in [1.165, 1.54) is 31.4 Å². The predicted molar refractivity (Wildman–Crippen MR) is 77.9 cm³/mol. The number of methoxy groups -OCH3 is 1. The number of nitrogen functional groups attached to an aromatic ring is 1. The summed E-state index contributed by atoms with van der Waals surface area (Å²) in [6, 6.07) is 9.08. The highest BCUT2D eigenvalue weighted by Gasteiger charge is 2.15. The molecule has 0 heterocycles. The van der Waals surface area contributed by atoms with Crippen LogP contribution >= 0.6 is 11.6 Å². The second kappa shape index (κ2) is 6.45. The fourth-order valence-electron chi connectivity index (χ4n) is 1.75. The topological polar surface area (TPSA) is 61.5 Å². The monoisotopic (exact) mass is 309 g/mol. The summed E-state index contributed by atoms with van der Waals surface area (Å²) in [6.45, 7) is -0.229. The van der Waals surface area contributed by atoms with Crippen molar-refractivity contribution in [3.05, 3.63) is 58.4 Å². The number of hydrogen-bond acceptors (Lipinski definition) is 4. The van der Waals surface area contributed by atoms with Crippen LogP contribution < -0.4 is 10.5 Å². The third-order valence-corrected chi connectivity index (χ3v) is 3.16. The Morgan fingerprint density at radius 3 is 2.81 bits per heavy atom. The van der Waals surface area contributed by atoms with Crippen molar-refractivity contribution in [3.8, 4) is 5.75 Å². The first-order valence-corrected chi connectivity index (χ1v) is 6.44. The summed E-state index contributed by atoms with van der Waals surface area (Å²) in [7, 11) is 1.36. The first kappa shape index (κ1) is 15.1. The molecule has 0 radical (unpaired) electrons. The number of benzene rings is 2. The number of carbonyl (C=O) groups is 1. The molecule has 0 aliphatic rings. The van der Waals surface area contributed by atoms with Gasteiger partial charge in [0.1, 0.15) is 6.61 Å². The number of rotatable bonds is 4. The lowest BCUT2D eigenvalue weighted by Gasteiger charge is -2.09. The van der Waals surface area contributed by atoms with Gasteiger partial charge in [0, 0.05) is 11.3 Å². The summed E-state index contributed by atoms with van der Waals surface area (Å²) in [5.41, 5.74) is 6.33. The standard InChI is InChI=1S/C15H13ClFNO3/c1-20-13-4-2-3-9(14(13)17)8-21-15(19)11-7-10(18)5-6-12(11)16/h2-7H,8,18H2,1H3. The van der Waals surface area contributed by atoms with Crippen molar-refractivity contribution >= 4 is 23.3 Å². The van der Waals surface area contributed by atoms with Crippen LogP contribution in [0.15, 0.2) is 36.4 Å². The maximum atomic E-state index is 13.9. The molecule has 0 aliphatic heterocycles. The molecule has 0 saturated heterocycles. The van der Waals surface area contributed by atoms with Gasteiger partial charge in [0.2, 0.25) is 0 Å². The Kier molecular flexibility index (Phi) is 4.65. The summed E-state index contributed by atoms with van der Waals surface area (Å²) in [5.74, 6) is -1.15. The molecule has 2 aromatic rings. The van der Waals surface area contributed by atoms with Crippen molar-refractivity contribution in [2.24, 2.45) is 0 Å². The minimum Gasteiger partial charge on any atom is -0.494 e. The molecule has 0 bridgehead atoms. The highest BCUT2D eigenvalue weighted by Crippen LogP contribution is 2.23. The molecule has 4 nitrogen and oxygen atoms in total. The van der Waals surface area contributed by atoms with Gasteiger partial charge in [-0.05, 0) is 24.3 Å². The Balaban J connectivity index is 2.13. The largest absolute Gasteiger partial charge is 0.494 e. The fraction of sp³-hybridized carbons (Fsp3) is 0.133. The average molecular weight is 310 g/mol. The predicted octanol–water partition coefficient (Wildman–Crippen LogP) is 3.43. The molecule has 0 aromatic heterocycles. The van der Waals surface area contributed by atoms with Crippen molar-refractivity contribution in [2.45, 2.75) is 6.61 Å². The number of anilines is 1. The van der Waals surface area contributed by atoms with Crippen molar-refractivity contribution in [3.63, 3.8) is 0 Å². The molecule has 0 unspecified atom stereocenters. The highest BCUT2D eigenvalue weighted by atomic mass is 35.5. The molecule has 0 fully saturated rings. The van der Waals surface area contributed by atoms with Gasteiger partial charge in [-0.3, -0.25) is 0 Å². The van der Waals surface area contributed by atoms with Gasteiger partial charge in [-0.2, -0.15) is 0 Å². The molecule has 0 aliphatic carbocycles. The average Bonchev–Trinajstić information content (AvgIpc) is 2.48. The zero-order chi connectivity index (χ0) is 15.4. The molecular formula is C15H13ClFNO3. The van der Waals surface area contributed by atoms with Crippen LogP contribution in [-0.2, 0) is 11.3 Å². The summed E-state index contributed by atoms with van der Waals surface area (Å²) in [6.07, 6.45) is 0. The first-order chi connectivity index (χ1) is 10.0. The zero-order valence-electron chi connectivity index (χ0n) is 11.2. The number of carbonyl (C=O) groups excluding carboxylic acids is 1. The van der Waals surface area contributed by atoms with Crippen LogP contribution in [0, 0.1) is 5.82 Å². The van der Waals surface area contributed by atoms with Gasteiger partial charge >= 0.3 is 5.97 Å². The maximum Gasteiger partial charge on any atom is 0.340 e. The minimum atomic E-state index is -0.672. The molecule has 0 saturated carbocycles. The van der Waals surface area contributed by atoms with Crippen LogP contribution in [0.1, 0.15) is 15.9 Å². The second-order valence-corrected chi connectivity index (χ2v) is 4.66. The van der Waals surface area contributed by atoms with E-state index in [0.29, 0.717) is 5.69 Å². The van der Waals surface area contributed by atoms with Crippen LogP contribution in [0.3, 0.4) is 0 Å². The number of nitrogens with two attached hydrogens (primary N) is 1. The summed E-state index contributed by atoms with van der Waals surface area (Å²) in [4.78, 5) is 11.9. The number of ether oxygens (including phenoxy) is 2. The van der Waals surface area contributed by atoms with E-state index in [4.69, 9.17) is 26.8 Å². The van der Waals surface area contributed by atoms with E-state index in [-0.39, 0.29) is 28.5 Å². The molecule has 21 heavy (non-hydrogen) atoms. The van der Waals surface area contributed by atoms with Gasteiger partial charge in [0.05, 0.1) is 17.7 Å². The van der Waals surface area contributed by atoms with Gasteiger partial charge in [0.15, 0.2) is 11.6 Å². The number of halogens is 2. The smallest absolute Gasteiger partial charge is 0.340 e. The Bertz CT molecular complexity index is 676. The quantitative estimate of drug-likeness (QED) is 0.694. The van der Waals surface area contributed by atoms with E-state index in [0.717, 1.165) is 0 Å². The number of esters is 1. The van der Waals surface area contributed by atoms with Crippen LogP contribution in [0.5, 0.6) is 5.75 Å². The Hall–Kier alpha value is -2.27. The van der Waals surface area contributed by atoms with Crippen molar-refractivity contribution in [2.75, 3.05) is 12.8 Å². The zero-order valence-corrected chi connectivity index (χ0v) is 12.0. The van der Waals surface area contributed by atoms with E-state index in [1.54, 1.807) is 12.1 Å². The summed E-state index contributed by atoms with van der Waals surface area (Å²) < 4.78 is 23.8. The second-order valence-electron chi connectivity index (χ2n) is 4.25. The normalized spacial score (nSPS) is 10.2. The van der Waals surface area contributed by atoms with E-state index < -0.39 is 11.8 Å². The van der Waals surface area contributed by atoms with E-state index in [1.807, 2.05) is 0 Å². The molecule has 0 amide bonds. The molecule has 6 heteroatoms. The van der Waals surface area contributed by atoms with Gasteiger partial charge in [-0.15, -0.1) is 0 Å². The highest BCUT2D eigenvalue weighted by molar-refractivity contribution is 6.33. The van der Waals surface area contributed by atoms with Crippen molar-refractivity contribution < 1.29 is 18.7 Å². The lowest BCUT2D eigenvalue weighted by Crippen LogP contribution is -2.08. The van der Waals surface area contributed by atoms with E-state index in [9.17, 15) is 9.18 Å². The molecule has 2 N–H and O–H groups in total. The van der Waals surface area contributed by atoms with Gasteiger partial charge in [0.25, 0.3) is 0 Å². The van der Waals surface area contributed by atoms with Crippen molar-refractivity contribution in [1.82, 2.24) is 0 Å². The first-order valence-electron chi connectivity index (χ1n) is 6.06. The van der Waals surface area contributed by atoms with E-state index >= 15 is 0 Å². The van der Waals surface area contributed by atoms with Crippen molar-refractivity contribution in [1.29, 1.82) is 0 Å². The molecule has 2 aromatic carbocycles. The minimum absolute atomic E-state index is 0.0885. The van der Waals surface area contributed by atoms with E-state index in [2.05, 4.69) is 0 Å². The van der Waals surface area contributed by atoms with Crippen LogP contribution in [-0.4, -0.2) is 13.1 Å². The van der Waals surface area contributed by atoms with Crippen LogP contribution in [0.4, 0.5) is 10.1 Å². The summed E-state index contributed by atoms with van der Waals surface area (Å²) >= 11 is 5.90. The lowest BCUT2D eigenvalue weighted by molar-refractivity contribution is 0.0468. The van der Waals surface area contributed by atoms with Crippen LogP contribution in [0.2, 0.25) is 5.02 Å². The molecule has 0 atom stereocenters. The Labute approximate surface area is 126 Å². The third kappa shape index (κ3) is 3.44. The van der Waals surface area contributed by atoms with Gasteiger partial charge in [-0.1, -0.05) is 23.7 Å². The van der Waals surface area contributed by atoms with Gasteiger partial charge < -0.3 is 15.2 Å².